The van der Waals surface area contributed by atoms with Gasteiger partial charge in [-0.05, 0) is 23.2 Å². The molecule has 0 amide bonds. The topological polar surface area (TPSA) is 0 Å². The molecule has 0 saturated carbocycles. The molecule has 0 bridgehead atoms. The van der Waals surface area contributed by atoms with E-state index >= 15 is 0 Å². The third-order valence-corrected chi connectivity index (χ3v) is 5.07. The third-order valence-electron chi connectivity index (χ3n) is 5.07. The molecule has 0 radical (unpaired) electrons. The summed E-state index contributed by atoms with van der Waals surface area (Å²) < 4.78 is 0. The Morgan fingerprint density at radius 2 is 1.41 bits per heavy atom. The van der Waals surface area contributed by atoms with Gasteiger partial charge < -0.3 is 0 Å². The van der Waals surface area contributed by atoms with Crippen LogP contribution in [0.15, 0.2) is 0 Å². The summed E-state index contributed by atoms with van der Waals surface area (Å²) in [7, 11) is 0. The lowest BCUT2D eigenvalue weighted by atomic mass is 9.63. The van der Waals surface area contributed by atoms with Crippen molar-refractivity contribution in [2.75, 3.05) is 0 Å². The van der Waals surface area contributed by atoms with Crippen LogP contribution < -0.4 is 0 Å². The van der Waals surface area contributed by atoms with Crippen molar-refractivity contribution >= 4 is 0 Å². The zero-order valence-electron chi connectivity index (χ0n) is 13.5. The van der Waals surface area contributed by atoms with Gasteiger partial charge in [-0.2, -0.15) is 0 Å². The van der Waals surface area contributed by atoms with E-state index in [1.165, 1.54) is 44.9 Å². The molecule has 0 rings (SSSR count). The first kappa shape index (κ1) is 17.0. The van der Waals surface area contributed by atoms with Crippen molar-refractivity contribution in [3.05, 3.63) is 0 Å². The highest BCUT2D eigenvalue weighted by atomic mass is 14.4. The number of rotatable bonds is 8. The van der Waals surface area contributed by atoms with Gasteiger partial charge in [0.25, 0.3) is 0 Å². The van der Waals surface area contributed by atoms with Gasteiger partial charge in [-0.25, -0.2) is 0 Å². The van der Waals surface area contributed by atoms with Crippen molar-refractivity contribution in [1.82, 2.24) is 0 Å². The van der Waals surface area contributed by atoms with E-state index in [0.29, 0.717) is 10.8 Å². The SMILES string of the molecule is CCCCC(C)CCCC(C)(CC)C(C)(C)C. The van der Waals surface area contributed by atoms with Crippen LogP contribution in [0.1, 0.15) is 93.4 Å². The van der Waals surface area contributed by atoms with Crippen LogP contribution >= 0.6 is 0 Å². The minimum atomic E-state index is 0.439. The smallest absolute Gasteiger partial charge is 0.0280 e. The van der Waals surface area contributed by atoms with Crippen LogP contribution in [0, 0.1) is 16.7 Å². The van der Waals surface area contributed by atoms with E-state index in [0.717, 1.165) is 5.92 Å². The van der Waals surface area contributed by atoms with Gasteiger partial charge in [0.1, 0.15) is 0 Å². The number of hydrogen-bond donors (Lipinski definition) is 0. The van der Waals surface area contributed by atoms with Crippen LogP contribution in [-0.2, 0) is 0 Å². The maximum absolute atomic E-state index is 2.48. The van der Waals surface area contributed by atoms with Gasteiger partial charge in [-0.15, -0.1) is 0 Å². The van der Waals surface area contributed by atoms with Crippen molar-refractivity contribution in [2.45, 2.75) is 93.4 Å². The Morgan fingerprint density at radius 3 is 1.82 bits per heavy atom. The molecule has 17 heavy (non-hydrogen) atoms. The van der Waals surface area contributed by atoms with E-state index in [2.05, 4.69) is 48.5 Å². The molecule has 0 aliphatic rings. The Morgan fingerprint density at radius 1 is 0.882 bits per heavy atom. The second-order valence-corrected chi connectivity index (χ2v) is 7.30. The van der Waals surface area contributed by atoms with Crippen molar-refractivity contribution in [2.24, 2.45) is 16.7 Å². The average molecular weight is 240 g/mol. The molecule has 2 unspecified atom stereocenters. The van der Waals surface area contributed by atoms with Gasteiger partial charge in [-0.3, -0.25) is 0 Å². The Kier molecular flexibility index (Phi) is 7.44. The molecule has 0 aliphatic carbocycles. The Labute approximate surface area is 111 Å². The summed E-state index contributed by atoms with van der Waals surface area (Å²) in [6.45, 7) is 16.7. The van der Waals surface area contributed by atoms with Gasteiger partial charge in [-0.1, -0.05) is 87.0 Å². The normalized spacial score (nSPS) is 17.8. The van der Waals surface area contributed by atoms with Gasteiger partial charge >= 0.3 is 0 Å². The standard InChI is InChI=1S/C17H36/c1-8-10-12-15(3)13-11-14-17(7,9-2)16(4,5)6/h15H,8-14H2,1-7H3. The average Bonchev–Trinajstić information content (AvgIpc) is 2.24. The van der Waals surface area contributed by atoms with Gasteiger partial charge in [0.2, 0.25) is 0 Å². The quantitative estimate of drug-likeness (QED) is 0.457. The fourth-order valence-corrected chi connectivity index (χ4v) is 2.62. The first-order valence-electron chi connectivity index (χ1n) is 7.77. The van der Waals surface area contributed by atoms with Crippen molar-refractivity contribution < 1.29 is 0 Å². The van der Waals surface area contributed by atoms with Crippen molar-refractivity contribution in [1.29, 1.82) is 0 Å². The zero-order chi connectivity index (χ0) is 13.5. The van der Waals surface area contributed by atoms with E-state index in [9.17, 15) is 0 Å². The van der Waals surface area contributed by atoms with E-state index < -0.39 is 0 Å². The van der Waals surface area contributed by atoms with Crippen LogP contribution in [0.2, 0.25) is 0 Å². The summed E-state index contributed by atoms with van der Waals surface area (Å²) in [4.78, 5) is 0. The minimum Gasteiger partial charge on any atom is -0.0654 e. The fraction of sp³-hybridized carbons (Fsp3) is 1.00. The maximum Gasteiger partial charge on any atom is -0.0280 e. The summed E-state index contributed by atoms with van der Waals surface area (Å²) in [6.07, 6.45) is 9.71. The second kappa shape index (κ2) is 7.44. The van der Waals surface area contributed by atoms with Crippen LogP contribution in [-0.4, -0.2) is 0 Å². The lowest BCUT2D eigenvalue weighted by Crippen LogP contribution is -2.32. The lowest BCUT2D eigenvalue weighted by Gasteiger charge is -2.42. The molecular weight excluding hydrogens is 204 g/mol. The van der Waals surface area contributed by atoms with Gasteiger partial charge in [0.15, 0.2) is 0 Å². The fourth-order valence-electron chi connectivity index (χ4n) is 2.62. The van der Waals surface area contributed by atoms with Crippen LogP contribution in [0.3, 0.4) is 0 Å². The first-order valence-corrected chi connectivity index (χ1v) is 7.77. The summed E-state index contributed by atoms with van der Waals surface area (Å²) in [6, 6.07) is 0. The molecule has 0 aromatic carbocycles. The van der Waals surface area contributed by atoms with E-state index in [-0.39, 0.29) is 0 Å². The summed E-state index contributed by atoms with van der Waals surface area (Å²) in [5.74, 6) is 0.927. The highest BCUT2D eigenvalue weighted by molar-refractivity contribution is 4.85. The number of unbranched alkanes of at least 4 members (excludes halogenated alkanes) is 1. The van der Waals surface area contributed by atoms with Crippen LogP contribution in [0.5, 0.6) is 0 Å². The number of hydrogen-bond acceptors (Lipinski definition) is 0. The molecule has 0 heterocycles. The van der Waals surface area contributed by atoms with E-state index in [1.807, 2.05) is 0 Å². The molecule has 0 saturated heterocycles. The molecule has 0 nitrogen and oxygen atoms in total. The second-order valence-electron chi connectivity index (χ2n) is 7.30. The molecule has 0 N–H and O–H groups in total. The van der Waals surface area contributed by atoms with E-state index in [1.54, 1.807) is 0 Å². The molecular formula is C17H36. The summed E-state index contributed by atoms with van der Waals surface area (Å²) in [5, 5.41) is 0. The minimum absolute atomic E-state index is 0.439. The Bertz CT molecular complexity index is 187. The van der Waals surface area contributed by atoms with Crippen molar-refractivity contribution in [3.8, 4) is 0 Å². The largest absolute Gasteiger partial charge is 0.0654 e. The van der Waals surface area contributed by atoms with Crippen molar-refractivity contribution in [3.63, 3.8) is 0 Å². The molecule has 2 atom stereocenters. The molecule has 0 aromatic rings. The molecule has 0 heteroatoms. The summed E-state index contributed by atoms with van der Waals surface area (Å²) in [5.41, 5.74) is 0.950. The van der Waals surface area contributed by atoms with Crippen LogP contribution in [0.25, 0.3) is 0 Å². The molecule has 0 aliphatic heterocycles. The third kappa shape index (κ3) is 5.93. The molecule has 0 aromatic heterocycles. The maximum atomic E-state index is 2.48. The molecule has 0 spiro atoms. The zero-order valence-corrected chi connectivity index (χ0v) is 13.5. The summed E-state index contributed by atoms with van der Waals surface area (Å²) >= 11 is 0. The highest BCUT2D eigenvalue weighted by Gasteiger charge is 2.34. The first-order chi connectivity index (χ1) is 7.77. The lowest BCUT2D eigenvalue weighted by molar-refractivity contribution is 0.0858. The highest BCUT2D eigenvalue weighted by Crippen LogP contribution is 2.45. The monoisotopic (exact) mass is 240 g/mol. The predicted molar refractivity (Wildman–Crippen MR) is 80.4 cm³/mol. The van der Waals surface area contributed by atoms with E-state index in [4.69, 9.17) is 0 Å². The van der Waals surface area contributed by atoms with Gasteiger partial charge in [0, 0.05) is 0 Å². The molecule has 104 valence electrons. The Balaban J connectivity index is 4.00. The van der Waals surface area contributed by atoms with Gasteiger partial charge in [0.05, 0.1) is 0 Å². The van der Waals surface area contributed by atoms with Crippen LogP contribution in [0.4, 0.5) is 0 Å². The Hall–Kier alpha value is 0. The molecule has 0 fully saturated rings. The predicted octanol–water partition coefficient (Wildman–Crippen LogP) is 6.45.